The molecule has 0 saturated heterocycles. The number of nitrogens with zero attached hydrogens (tertiary/aromatic N) is 1. The highest BCUT2D eigenvalue weighted by molar-refractivity contribution is 7.98. The zero-order valence-electron chi connectivity index (χ0n) is 13.8. The number of hydrogen-bond donors (Lipinski definition) is 0. The summed E-state index contributed by atoms with van der Waals surface area (Å²) < 4.78 is 1.69. The fraction of sp³-hybridized carbons (Fsp3) is 0.250. The number of hydrogen-bond acceptors (Lipinski definition) is 2. The molecule has 0 amide bonds. The second kappa shape index (κ2) is 6.63. The van der Waals surface area contributed by atoms with Gasteiger partial charge in [-0.2, -0.15) is 0 Å². The molecule has 2 aromatic carbocycles. The van der Waals surface area contributed by atoms with E-state index in [-0.39, 0.29) is 5.56 Å². The molecule has 3 rings (SSSR count). The zero-order valence-corrected chi connectivity index (χ0v) is 14.6. The molecule has 1 aromatic heterocycles. The molecule has 0 spiro atoms. The Labute approximate surface area is 141 Å². The van der Waals surface area contributed by atoms with Gasteiger partial charge in [-0.05, 0) is 47.4 Å². The van der Waals surface area contributed by atoms with Gasteiger partial charge in [-0.1, -0.05) is 37.6 Å². The highest BCUT2D eigenvalue weighted by Gasteiger charge is 2.12. The van der Waals surface area contributed by atoms with Crippen molar-refractivity contribution >= 4 is 22.5 Å². The molecule has 118 valence electrons. The monoisotopic (exact) mass is 323 g/mol. The maximum atomic E-state index is 12.4. The van der Waals surface area contributed by atoms with E-state index in [1.807, 2.05) is 37.5 Å². The van der Waals surface area contributed by atoms with E-state index in [1.54, 1.807) is 16.3 Å². The van der Waals surface area contributed by atoms with Crippen LogP contribution in [0.1, 0.15) is 18.9 Å². The Hall–Kier alpha value is -2.00. The Morgan fingerprint density at radius 3 is 2.48 bits per heavy atom. The minimum absolute atomic E-state index is 0.0578. The summed E-state index contributed by atoms with van der Waals surface area (Å²) in [7, 11) is 1.83. The topological polar surface area (TPSA) is 22.0 Å². The summed E-state index contributed by atoms with van der Waals surface area (Å²) in [5.41, 5.74) is 3.78. The molecule has 0 bridgehead atoms. The zero-order chi connectivity index (χ0) is 16.4. The molecule has 23 heavy (non-hydrogen) atoms. The van der Waals surface area contributed by atoms with Crippen molar-refractivity contribution in [3.8, 4) is 11.1 Å². The number of thioether (sulfide) groups is 1. The van der Waals surface area contributed by atoms with E-state index in [1.165, 1.54) is 16.0 Å². The highest BCUT2D eigenvalue weighted by atomic mass is 32.2. The molecule has 3 aromatic rings. The molecule has 0 saturated carbocycles. The molecule has 1 heterocycles. The number of rotatable bonds is 4. The van der Waals surface area contributed by atoms with Gasteiger partial charge in [0.15, 0.2) is 0 Å². The first-order chi connectivity index (χ1) is 11.2. The number of aromatic nitrogens is 1. The molecule has 0 radical (unpaired) electrons. The van der Waals surface area contributed by atoms with Crippen LogP contribution in [0.5, 0.6) is 0 Å². The van der Waals surface area contributed by atoms with E-state index < -0.39 is 0 Å². The van der Waals surface area contributed by atoms with Gasteiger partial charge >= 0.3 is 0 Å². The minimum atomic E-state index is 0.0578. The Morgan fingerprint density at radius 1 is 1.04 bits per heavy atom. The van der Waals surface area contributed by atoms with Gasteiger partial charge in [-0.3, -0.25) is 4.79 Å². The second-order valence-electron chi connectivity index (χ2n) is 5.78. The van der Waals surface area contributed by atoms with Crippen LogP contribution in [-0.4, -0.2) is 10.8 Å². The normalized spacial score (nSPS) is 11.1. The summed E-state index contributed by atoms with van der Waals surface area (Å²) in [5, 5.41) is 1.82. The molecule has 0 unspecified atom stereocenters. The number of pyridine rings is 1. The molecule has 0 aliphatic heterocycles. The van der Waals surface area contributed by atoms with E-state index in [4.69, 9.17) is 0 Å². The van der Waals surface area contributed by atoms with E-state index in [0.717, 1.165) is 29.2 Å². The lowest BCUT2D eigenvalue weighted by molar-refractivity contribution is 0.873. The van der Waals surface area contributed by atoms with Crippen LogP contribution in [0.3, 0.4) is 0 Å². The van der Waals surface area contributed by atoms with Gasteiger partial charge < -0.3 is 4.57 Å². The molecule has 0 fully saturated rings. The third kappa shape index (κ3) is 2.93. The Bertz CT molecular complexity index is 911. The first-order valence-corrected chi connectivity index (χ1v) is 9.13. The van der Waals surface area contributed by atoms with Crippen molar-refractivity contribution in [3.05, 3.63) is 64.6 Å². The predicted molar refractivity (Wildman–Crippen MR) is 100 cm³/mol. The van der Waals surface area contributed by atoms with Gasteiger partial charge in [0.05, 0.1) is 0 Å². The molecule has 0 aliphatic carbocycles. The largest absolute Gasteiger partial charge is 0.317 e. The first-order valence-electron chi connectivity index (χ1n) is 7.91. The lowest BCUT2D eigenvalue weighted by atomic mass is 9.94. The Balaban J connectivity index is 2.36. The smallest absolute Gasteiger partial charge is 0.258 e. The van der Waals surface area contributed by atoms with Crippen LogP contribution >= 0.6 is 11.8 Å². The lowest BCUT2D eigenvalue weighted by Crippen LogP contribution is -2.16. The molecule has 0 N–H and O–H groups in total. The average molecular weight is 323 g/mol. The van der Waals surface area contributed by atoms with Gasteiger partial charge in [0, 0.05) is 29.1 Å². The number of aryl methyl sites for hydroxylation is 2. The third-order valence-electron chi connectivity index (χ3n) is 4.22. The summed E-state index contributed by atoms with van der Waals surface area (Å²) in [6.45, 7) is 2.20. The summed E-state index contributed by atoms with van der Waals surface area (Å²) in [6.07, 6.45) is 6.22. The SMILES string of the molecule is CCCc1ccc(SC)cc1-c1cn(C)c(=O)c2ccccc12. The molecular formula is C20H21NOS. The standard InChI is InChI=1S/C20H21NOS/c1-4-7-14-10-11-15(23-3)12-18(14)19-13-21(2)20(22)17-9-6-5-8-16(17)19/h5-6,8-13H,4,7H2,1-3H3. The van der Waals surface area contributed by atoms with Gasteiger partial charge in [0.25, 0.3) is 5.56 Å². The van der Waals surface area contributed by atoms with Gasteiger partial charge in [-0.15, -0.1) is 11.8 Å². The summed E-state index contributed by atoms with van der Waals surface area (Å²) >= 11 is 1.75. The van der Waals surface area contributed by atoms with Gasteiger partial charge in [-0.25, -0.2) is 0 Å². The van der Waals surface area contributed by atoms with E-state index >= 15 is 0 Å². The highest BCUT2D eigenvalue weighted by Crippen LogP contribution is 2.33. The van der Waals surface area contributed by atoms with Crippen molar-refractivity contribution in [1.82, 2.24) is 4.57 Å². The van der Waals surface area contributed by atoms with Crippen LogP contribution in [-0.2, 0) is 13.5 Å². The second-order valence-corrected chi connectivity index (χ2v) is 6.66. The third-order valence-corrected chi connectivity index (χ3v) is 4.94. The molecule has 3 heteroatoms. The van der Waals surface area contributed by atoms with E-state index in [9.17, 15) is 4.79 Å². The first kappa shape index (κ1) is 15.9. The van der Waals surface area contributed by atoms with Crippen molar-refractivity contribution in [2.75, 3.05) is 6.26 Å². The predicted octanol–water partition coefficient (Wildman–Crippen LogP) is 4.88. The summed E-state index contributed by atoms with van der Waals surface area (Å²) in [5.74, 6) is 0. The van der Waals surface area contributed by atoms with Crippen molar-refractivity contribution in [3.63, 3.8) is 0 Å². The molecular weight excluding hydrogens is 302 g/mol. The van der Waals surface area contributed by atoms with E-state index in [2.05, 4.69) is 31.4 Å². The maximum absolute atomic E-state index is 12.4. The van der Waals surface area contributed by atoms with Crippen LogP contribution in [0.4, 0.5) is 0 Å². The fourth-order valence-corrected chi connectivity index (χ4v) is 3.49. The van der Waals surface area contributed by atoms with E-state index in [0.29, 0.717) is 0 Å². The van der Waals surface area contributed by atoms with Crippen LogP contribution < -0.4 is 5.56 Å². The van der Waals surface area contributed by atoms with Gasteiger partial charge in [0.2, 0.25) is 0 Å². The average Bonchev–Trinajstić information content (AvgIpc) is 2.59. The van der Waals surface area contributed by atoms with Crippen LogP contribution in [0.25, 0.3) is 21.9 Å². The van der Waals surface area contributed by atoms with Crippen molar-refractivity contribution in [1.29, 1.82) is 0 Å². The lowest BCUT2D eigenvalue weighted by Gasteiger charge is -2.14. The molecule has 0 atom stereocenters. The van der Waals surface area contributed by atoms with Crippen molar-refractivity contribution in [2.45, 2.75) is 24.7 Å². The Morgan fingerprint density at radius 2 is 1.78 bits per heavy atom. The van der Waals surface area contributed by atoms with Crippen LogP contribution in [0, 0.1) is 0 Å². The summed E-state index contributed by atoms with van der Waals surface area (Å²) in [4.78, 5) is 13.7. The Kier molecular flexibility index (Phi) is 4.58. The molecule has 2 nitrogen and oxygen atoms in total. The van der Waals surface area contributed by atoms with Crippen LogP contribution in [0.15, 0.2) is 58.4 Å². The molecule has 0 aliphatic rings. The maximum Gasteiger partial charge on any atom is 0.258 e. The van der Waals surface area contributed by atoms with Crippen molar-refractivity contribution in [2.24, 2.45) is 7.05 Å². The van der Waals surface area contributed by atoms with Crippen LogP contribution in [0.2, 0.25) is 0 Å². The fourth-order valence-electron chi connectivity index (χ4n) is 3.05. The van der Waals surface area contributed by atoms with Gasteiger partial charge in [0.1, 0.15) is 0 Å². The number of fused-ring (bicyclic) bond motifs is 1. The minimum Gasteiger partial charge on any atom is -0.317 e. The van der Waals surface area contributed by atoms with Crippen molar-refractivity contribution < 1.29 is 0 Å². The summed E-state index contributed by atoms with van der Waals surface area (Å²) in [6, 6.07) is 14.6. The quantitative estimate of drug-likeness (QED) is 0.638. The number of benzene rings is 2.